The van der Waals surface area contributed by atoms with Crippen LogP contribution < -0.4 is 0 Å². The zero-order valence-corrected chi connectivity index (χ0v) is 11.4. The van der Waals surface area contributed by atoms with Crippen molar-refractivity contribution in [3.05, 3.63) is 28.5 Å². The Kier molecular flexibility index (Phi) is 3.52. The van der Waals surface area contributed by atoms with Crippen molar-refractivity contribution >= 4 is 17.3 Å². The molecule has 18 heavy (non-hydrogen) atoms. The van der Waals surface area contributed by atoms with Crippen molar-refractivity contribution in [1.29, 1.82) is 0 Å². The highest BCUT2D eigenvalue weighted by Crippen LogP contribution is 2.32. The maximum absolute atomic E-state index is 11.2. The highest BCUT2D eigenvalue weighted by Gasteiger charge is 2.21. The zero-order valence-electron chi connectivity index (χ0n) is 10.6. The van der Waals surface area contributed by atoms with Crippen LogP contribution in [0.4, 0.5) is 0 Å². The molecular formula is C13H15NO3S. The van der Waals surface area contributed by atoms with Gasteiger partial charge in [0.2, 0.25) is 0 Å². The topological polar surface area (TPSA) is 63.3 Å². The Labute approximate surface area is 109 Å². The monoisotopic (exact) mass is 265 g/mol. The molecule has 0 aliphatic carbocycles. The molecule has 0 aliphatic heterocycles. The smallest absolute Gasteiger partial charge is 0.347 e. The molecule has 0 radical (unpaired) electrons. The lowest BCUT2D eigenvalue weighted by atomic mass is 10.1. The number of aromatic nitrogens is 1. The third kappa shape index (κ3) is 2.31. The first-order chi connectivity index (χ1) is 8.52. The molecular weight excluding hydrogens is 250 g/mol. The summed E-state index contributed by atoms with van der Waals surface area (Å²) in [5.74, 6) is 0.681. The molecule has 0 spiro atoms. The van der Waals surface area contributed by atoms with Crippen molar-refractivity contribution < 1.29 is 14.3 Å². The molecule has 0 amide bonds. The van der Waals surface area contributed by atoms with Crippen LogP contribution in [0.1, 0.15) is 47.8 Å². The van der Waals surface area contributed by atoms with Gasteiger partial charge in [-0.25, -0.2) is 9.78 Å². The van der Waals surface area contributed by atoms with Crippen molar-refractivity contribution in [3.63, 3.8) is 0 Å². The normalized spacial score (nSPS) is 11.1. The molecule has 2 heterocycles. The van der Waals surface area contributed by atoms with Crippen molar-refractivity contribution in [2.75, 3.05) is 0 Å². The third-order valence-corrected chi connectivity index (χ3v) is 3.69. The summed E-state index contributed by atoms with van der Waals surface area (Å²) in [4.78, 5) is 15.9. The predicted molar refractivity (Wildman–Crippen MR) is 70.2 cm³/mol. The number of rotatable bonds is 4. The first kappa shape index (κ1) is 12.8. The van der Waals surface area contributed by atoms with Gasteiger partial charge in [0.1, 0.15) is 10.6 Å². The van der Waals surface area contributed by atoms with Gasteiger partial charge < -0.3 is 9.52 Å². The van der Waals surface area contributed by atoms with Crippen LogP contribution in [0.3, 0.4) is 0 Å². The molecule has 0 aromatic carbocycles. The molecule has 2 rings (SSSR count). The molecule has 5 heteroatoms. The van der Waals surface area contributed by atoms with E-state index in [1.807, 2.05) is 32.9 Å². The molecule has 1 N–H and O–H groups in total. The van der Waals surface area contributed by atoms with E-state index in [0.29, 0.717) is 21.3 Å². The number of aryl methyl sites for hydroxylation is 1. The van der Waals surface area contributed by atoms with E-state index in [-0.39, 0.29) is 5.92 Å². The van der Waals surface area contributed by atoms with Gasteiger partial charge in [-0.1, -0.05) is 20.8 Å². The summed E-state index contributed by atoms with van der Waals surface area (Å²) >= 11 is 1.17. The van der Waals surface area contributed by atoms with Crippen LogP contribution in [0.25, 0.3) is 10.8 Å². The Morgan fingerprint density at radius 3 is 2.67 bits per heavy atom. The van der Waals surface area contributed by atoms with Crippen LogP contribution in [0.15, 0.2) is 16.5 Å². The van der Waals surface area contributed by atoms with Crippen LogP contribution >= 0.6 is 11.3 Å². The molecule has 0 fully saturated rings. The molecule has 0 unspecified atom stereocenters. The second-order valence-corrected chi connectivity index (χ2v) is 5.31. The van der Waals surface area contributed by atoms with Crippen LogP contribution in [0, 0.1) is 0 Å². The van der Waals surface area contributed by atoms with Gasteiger partial charge in [0.25, 0.3) is 0 Å². The summed E-state index contributed by atoms with van der Waals surface area (Å²) in [7, 11) is 0. The number of carboxylic acids is 1. The van der Waals surface area contributed by atoms with Gasteiger partial charge in [-0.2, -0.15) is 0 Å². The molecule has 2 aromatic heterocycles. The number of carbonyl (C=O) groups is 1. The van der Waals surface area contributed by atoms with Gasteiger partial charge >= 0.3 is 5.97 Å². The average molecular weight is 265 g/mol. The Morgan fingerprint density at radius 2 is 2.22 bits per heavy atom. The number of nitrogens with zero attached hydrogens (tertiary/aromatic N) is 1. The van der Waals surface area contributed by atoms with Gasteiger partial charge in [-0.3, -0.25) is 0 Å². The number of hydrogen-bond donors (Lipinski definition) is 1. The highest BCUT2D eigenvalue weighted by atomic mass is 32.1. The quantitative estimate of drug-likeness (QED) is 0.913. The fraction of sp³-hybridized carbons (Fsp3) is 0.385. The number of carboxylic acid groups (broad SMARTS) is 1. The number of hydrogen-bond acceptors (Lipinski definition) is 4. The number of aromatic carboxylic acids is 1. The van der Waals surface area contributed by atoms with E-state index in [4.69, 9.17) is 9.52 Å². The maximum atomic E-state index is 11.2. The van der Waals surface area contributed by atoms with Gasteiger partial charge in [0, 0.05) is 6.42 Å². The summed E-state index contributed by atoms with van der Waals surface area (Å²) in [6.07, 6.45) is 0.814. The number of thiazole rings is 1. The molecule has 0 atom stereocenters. The standard InChI is InChI=1S/C13H15NO3S/c1-4-8-5-6-9(17-8)12-14-10(7(2)3)11(18-12)13(15)16/h5-7H,4H2,1-3H3,(H,15,16). The van der Waals surface area contributed by atoms with E-state index in [9.17, 15) is 4.79 Å². The van der Waals surface area contributed by atoms with Crippen molar-refractivity contribution in [1.82, 2.24) is 4.98 Å². The van der Waals surface area contributed by atoms with E-state index in [2.05, 4.69) is 4.98 Å². The van der Waals surface area contributed by atoms with Gasteiger partial charge in [-0.15, -0.1) is 11.3 Å². The van der Waals surface area contributed by atoms with Gasteiger partial charge in [0.05, 0.1) is 5.69 Å². The second-order valence-electron chi connectivity index (χ2n) is 4.31. The van der Waals surface area contributed by atoms with E-state index in [0.717, 1.165) is 12.2 Å². The Balaban J connectivity index is 2.46. The summed E-state index contributed by atoms with van der Waals surface area (Å²) < 4.78 is 5.60. The Hall–Kier alpha value is -1.62. The zero-order chi connectivity index (χ0) is 13.3. The van der Waals surface area contributed by atoms with E-state index >= 15 is 0 Å². The molecule has 0 aliphatic rings. The van der Waals surface area contributed by atoms with E-state index < -0.39 is 5.97 Å². The average Bonchev–Trinajstić information content (AvgIpc) is 2.95. The molecule has 2 aromatic rings. The predicted octanol–water partition coefficient (Wildman–Crippen LogP) is 3.79. The second kappa shape index (κ2) is 4.94. The fourth-order valence-electron chi connectivity index (χ4n) is 1.66. The summed E-state index contributed by atoms with van der Waals surface area (Å²) in [5, 5.41) is 9.80. The molecule has 0 saturated heterocycles. The first-order valence-electron chi connectivity index (χ1n) is 5.86. The number of furan rings is 1. The van der Waals surface area contributed by atoms with Crippen LogP contribution in [-0.2, 0) is 6.42 Å². The third-order valence-electron chi connectivity index (χ3n) is 2.62. The molecule has 96 valence electrons. The maximum Gasteiger partial charge on any atom is 0.347 e. The minimum Gasteiger partial charge on any atom is -0.477 e. The van der Waals surface area contributed by atoms with Gasteiger partial charge in [-0.05, 0) is 18.1 Å². The van der Waals surface area contributed by atoms with Crippen molar-refractivity contribution in [3.8, 4) is 10.8 Å². The fourth-order valence-corrected chi connectivity index (χ4v) is 2.69. The van der Waals surface area contributed by atoms with E-state index in [1.54, 1.807) is 0 Å². The van der Waals surface area contributed by atoms with Crippen LogP contribution in [0.2, 0.25) is 0 Å². The molecule has 4 nitrogen and oxygen atoms in total. The van der Waals surface area contributed by atoms with Crippen molar-refractivity contribution in [2.45, 2.75) is 33.1 Å². The first-order valence-corrected chi connectivity index (χ1v) is 6.67. The lowest BCUT2D eigenvalue weighted by Crippen LogP contribution is -2.00. The molecule has 0 saturated carbocycles. The minimum atomic E-state index is -0.926. The van der Waals surface area contributed by atoms with Gasteiger partial charge in [0.15, 0.2) is 10.8 Å². The van der Waals surface area contributed by atoms with Crippen LogP contribution in [-0.4, -0.2) is 16.1 Å². The highest BCUT2D eigenvalue weighted by molar-refractivity contribution is 7.16. The largest absolute Gasteiger partial charge is 0.477 e. The SMILES string of the molecule is CCc1ccc(-c2nc(C(C)C)c(C(=O)O)s2)o1. The van der Waals surface area contributed by atoms with Crippen LogP contribution in [0.5, 0.6) is 0 Å². The molecule has 0 bridgehead atoms. The van der Waals surface area contributed by atoms with E-state index in [1.165, 1.54) is 11.3 Å². The van der Waals surface area contributed by atoms with Crippen molar-refractivity contribution in [2.24, 2.45) is 0 Å². The summed E-state index contributed by atoms with van der Waals surface area (Å²) in [6, 6.07) is 3.74. The lowest BCUT2D eigenvalue weighted by Gasteiger charge is -2.00. The summed E-state index contributed by atoms with van der Waals surface area (Å²) in [6.45, 7) is 5.88. The Morgan fingerprint density at radius 1 is 1.50 bits per heavy atom. The lowest BCUT2D eigenvalue weighted by molar-refractivity contribution is 0.0700. The minimum absolute atomic E-state index is 0.0849. The Bertz CT molecular complexity index is 569. The summed E-state index contributed by atoms with van der Waals surface area (Å²) in [5.41, 5.74) is 0.622.